The smallest absolute Gasteiger partial charge is 0.343 e. The lowest BCUT2D eigenvalue weighted by molar-refractivity contribution is 0.765. The Morgan fingerprint density at radius 1 is 1.79 bits per heavy atom. The third kappa shape index (κ3) is 2.91. The first-order valence-electron chi connectivity index (χ1n) is 4.18. The molecule has 1 aromatic heterocycles. The van der Waals surface area contributed by atoms with Crippen molar-refractivity contribution in [2.24, 2.45) is 12.8 Å². The molecule has 1 rings (SSSR count). The number of thioether (sulfide) groups is 1. The molecule has 1 heterocycles. The average molecular weight is 215 g/mol. The molecule has 0 fully saturated rings. The third-order valence-corrected chi connectivity index (χ3v) is 2.78. The summed E-state index contributed by atoms with van der Waals surface area (Å²) in [5.74, 6) is 0.999. The van der Waals surface area contributed by atoms with Gasteiger partial charge in [-0.25, -0.2) is 9.89 Å². The van der Waals surface area contributed by atoms with Crippen molar-refractivity contribution in [2.45, 2.75) is 18.0 Å². The molecular formula is C7H13N5OS. The summed E-state index contributed by atoms with van der Waals surface area (Å²) in [6.07, 6.45) is 1.41. The van der Waals surface area contributed by atoms with Gasteiger partial charge in [0.2, 0.25) is 0 Å². The van der Waals surface area contributed by atoms with Crippen molar-refractivity contribution in [1.29, 1.82) is 5.41 Å². The van der Waals surface area contributed by atoms with Crippen molar-refractivity contribution < 1.29 is 0 Å². The largest absolute Gasteiger partial charge is 0.388 e. The summed E-state index contributed by atoms with van der Waals surface area (Å²) in [6.45, 7) is 0. The molecule has 0 spiro atoms. The van der Waals surface area contributed by atoms with Gasteiger partial charge in [-0.3, -0.25) is 9.98 Å². The van der Waals surface area contributed by atoms with Crippen LogP contribution >= 0.6 is 11.8 Å². The highest BCUT2D eigenvalue weighted by Gasteiger charge is 2.03. The van der Waals surface area contributed by atoms with E-state index in [0.717, 1.165) is 12.2 Å². The van der Waals surface area contributed by atoms with Crippen molar-refractivity contribution in [3.8, 4) is 0 Å². The number of rotatable bonds is 5. The number of aromatic nitrogens is 3. The Hall–Kier alpha value is -1.24. The lowest BCUT2D eigenvalue weighted by Gasteiger charge is -1.99. The molecule has 7 heteroatoms. The first kappa shape index (κ1) is 10.8. The second-order valence-corrected chi connectivity index (χ2v) is 3.91. The van der Waals surface area contributed by atoms with Gasteiger partial charge in [0.15, 0.2) is 5.16 Å². The Bertz CT molecular complexity index is 368. The highest BCUT2D eigenvalue weighted by molar-refractivity contribution is 7.99. The summed E-state index contributed by atoms with van der Waals surface area (Å²) in [5.41, 5.74) is 4.99. The number of hydrogen-bond donors (Lipinski definition) is 3. The molecule has 0 bridgehead atoms. The maximum atomic E-state index is 11.0. The molecule has 0 saturated heterocycles. The molecular weight excluding hydrogens is 202 g/mol. The van der Waals surface area contributed by atoms with Gasteiger partial charge in [-0.2, -0.15) is 0 Å². The predicted molar refractivity (Wildman–Crippen MR) is 55.7 cm³/mol. The van der Waals surface area contributed by atoms with Crippen LogP contribution in [0, 0.1) is 5.41 Å². The minimum atomic E-state index is -0.209. The van der Waals surface area contributed by atoms with E-state index in [0.29, 0.717) is 11.6 Å². The summed E-state index contributed by atoms with van der Waals surface area (Å²) in [5, 5.41) is 13.9. The van der Waals surface area contributed by atoms with Crippen molar-refractivity contribution >= 4 is 17.6 Å². The molecule has 1 aromatic rings. The Kier molecular flexibility index (Phi) is 3.75. The quantitative estimate of drug-likeness (QED) is 0.277. The molecule has 0 aliphatic heterocycles. The van der Waals surface area contributed by atoms with Crippen LogP contribution in [0.3, 0.4) is 0 Å². The summed E-state index contributed by atoms with van der Waals surface area (Å²) in [4.78, 5) is 11.0. The number of nitrogens with two attached hydrogens (primary N) is 1. The number of nitrogens with zero attached hydrogens (tertiary/aromatic N) is 2. The monoisotopic (exact) mass is 215 g/mol. The van der Waals surface area contributed by atoms with Crippen LogP contribution in [0.4, 0.5) is 0 Å². The van der Waals surface area contributed by atoms with E-state index in [1.807, 2.05) is 0 Å². The molecule has 0 saturated carbocycles. The normalized spacial score (nSPS) is 10.4. The zero-order valence-corrected chi connectivity index (χ0v) is 8.73. The van der Waals surface area contributed by atoms with Crippen LogP contribution in [0.25, 0.3) is 0 Å². The van der Waals surface area contributed by atoms with E-state index in [1.54, 1.807) is 7.05 Å². The van der Waals surface area contributed by atoms with Crippen LogP contribution in [-0.2, 0) is 7.05 Å². The Morgan fingerprint density at radius 2 is 2.50 bits per heavy atom. The fraction of sp³-hybridized carbons (Fsp3) is 0.571. The molecule has 14 heavy (non-hydrogen) atoms. The minimum absolute atomic E-state index is 0.196. The van der Waals surface area contributed by atoms with Gasteiger partial charge in [-0.1, -0.05) is 11.8 Å². The van der Waals surface area contributed by atoms with Crippen molar-refractivity contribution in [3.05, 3.63) is 10.5 Å². The van der Waals surface area contributed by atoms with Gasteiger partial charge in [0, 0.05) is 19.2 Å². The standard InChI is InChI=1S/C7H13N5OS/c1-12-6(13)10-11-7(12)14-4-2-3-5(8)9/h2-4H2,1H3,(H3,8,9)(H,10,13). The van der Waals surface area contributed by atoms with Crippen LogP contribution < -0.4 is 11.4 Å². The number of nitrogens with one attached hydrogen (secondary N) is 2. The Morgan fingerprint density at radius 3 is 3.00 bits per heavy atom. The van der Waals surface area contributed by atoms with Gasteiger partial charge >= 0.3 is 5.69 Å². The second-order valence-electron chi connectivity index (χ2n) is 2.85. The SMILES string of the molecule is Cn1c(SCCCC(=N)N)n[nH]c1=O. The van der Waals surface area contributed by atoms with Crippen LogP contribution in [0.15, 0.2) is 9.95 Å². The number of aromatic amines is 1. The molecule has 0 aliphatic carbocycles. The molecule has 4 N–H and O–H groups in total. The molecule has 0 unspecified atom stereocenters. The molecule has 78 valence electrons. The first-order chi connectivity index (χ1) is 6.61. The lowest BCUT2D eigenvalue weighted by atomic mass is 10.3. The van der Waals surface area contributed by atoms with Gasteiger partial charge in [0.25, 0.3) is 0 Å². The van der Waals surface area contributed by atoms with E-state index < -0.39 is 0 Å². The summed E-state index contributed by atoms with van der Waals surface area (Å²) < 4.78 is 1.46. The van der Waals surface area contributed by atoms with Gasteiger partial charge in [0.05, 0.1) is 5.84 Å². The van der Waals surface area contributed by atoms with E-state index in [2.05, 4.69) is 10.2 Å². The topological polar surface area (TPSA) is 101 Å². The van der Waals surface area contributed by atoms with Gasteiger partial charge in [0.1, 0.15) is 0 Å². The molecule has 0 radical (unpaired) electrons. The Balaban J connectivity index is 2.35. The van der Waals surface area contributed by atoms with Crippen molar-refractivity contribution in [1.82, 2.24) is 14.8 Å². The maximum absolute atomic E-state index is 11.0. The van der Waals surface area contributed by atoms with E-state index in [4.69, 9.17) is 11.1 Å². The fourth-order valence-electron chi connectivity index (χ4n) is 0.888. The van der Waals surface area contributed by atoms with E-state index >= 15 is 0 Å². The molecule has 6 nitrogen and oxygen atoms in total. The highest BCUT2D eigenvalue weighted by atomic mass is 32.2. The van der Waals surface area contributed by atoms with E-state index in [9.17, 15) is 4.79 Å². The van der Waals surface area contributed by atoms with Gasteiger partial charge in [-0.15, -0.1) is 5.10 Å². The lowest BCUT2D eigenvalue weighted by Crippen LogP contribution is -2.13. The van der Waals surface area contributed by atoms with Crippen LogP contribution in [0.1, 0.15) is 12.8 Å². The molecule has 0 amide bonds. The van der Waals surface area contributed by atoms with Gasteiger partial charge in [-0.05, 0) is 6.42 Å². The molecule has 0 aromatic carbocycles. The van der Waals surface area contributed by atoms with E-state index in [-0.39, 0.29) is 11.5 Å². The number of H-pyrrole nitrogens is 1. The molecule has 0 aliphatic rings. The first-order valence-corrected chi connectivity index (χ1v) is 5.17. The third-order valence-electron chi connectivity index (χ3n) is 1.66. The predicted octanol–water partition coefficient (Wildman–Crippen LogP) is -0.0833. The molecule has 0 atom stereocenters. The van der Waals surface area contributed by atoms with Gasteiger partial charge < -0.3 is 5.73 Å². The second kappa shape index (κ2) is 4.85. The number of amidine groups is 1. The zero-order chi connectivity index (χ0) is 10.6. The minimum Gasteiger partial charge on any atom is -0.388 e. The van der Waals surface area contributed by atoms with Crippen LogP contribution in [0.2, 0.25) is 0 Å². The van der Waals surface area contributed by atoms with Crippen molar-refractivity contribution in [2.75, 3.05) is 5.75 Å². The van der Waals surface area contributed by atoms with Crippen LogP contribution in [-0.4, -0.2) is 26.4 Å². The summed E-state index contributed by atoms with van der Waals surface area (Å²) in [7, 11) is 1.67. The van der Waals surface area contributed by atoms with Crippen LogP contribution in [0.5, 0.6) is 0 Å². The maximum Gasteiger partial charge on any atom is 0.343 e. The zero-order valence-electron chi connectivity index (χ0n) is 7.91. The highest BCUT2D eigenvalue weighted by Crippen LogP contribution is 2.13. The number of hydrogen-bond acceptors (Lipinski definition) is 4. The Labute approximate surface area is 85.4 Å². The van der Waals surface area contributed by atoms with Crippen molar-refractivity contribution in [3.63, 3.8) is 0 Å². The summed E-state index contributed by atoms with van der Waals surface area (Å²) in [6, 6.07) is 0. The van der Waals surface area contributed by atoms with E-state index in [1.165, 1.54) is 16.3 Å². The summed E-state index contributed by atoms with van der Waals surface area (Å²) >= 11 is 1.48. The fourth-order valence-corrected chi connectivity index (χ4v) is 1.75. The average Bonchev–Trinajstić information content (AvgIpc) is 2.43.